The Morgan fingerprint density at radius 1 is 0.516 bits per heavy atom. The van der Waals surface area contributed by atoms with Crippen LogP contribution in [0.4, 0.5) is 0 Å². The topological polar surface area (TPSA) is 0 Å². The highest BCUT2D eigenvalue weighted by molar-refractivity contribution is 7.99. The van der Waals surface area contributed by atoms with Gasteiger partial charge in [0.1, 0.15) is 0 Å². The van der Waals surface area contributed by atoms with Gasteiger partial charge >= 0.3 is 0 Å². The second kappa shape index (κ2) is 9.58. The fourth-order valence-electron chi connectivity index (χ4n) is 4.11. The van der Waals surface area contributed by atoms with Crippen LogP contribution in [-0.2, 0) is 12.8 Å². The van der Waals surface area contributed by atoms with E-state index in [2.05, 4.69) is 113 Å². The molecule has 0 fully saturated rings. The molecule has 0 saturated carbocycles. The smallest absolute Gasteiger partial charge is 0.0160 e. The van der Waals surface area contributed by atoms with Gasteiger partial charge in [0, 0.05) is 16.2 Å². The van der Waals surface area contributed by atoms with Crippen molar-refractivity contribution < 1.29 is 0 Å². The Morgan fingerprint density at radius 3 is 1.39 bits per heavy atom. The monoisotopic (exact) mass is 422 g/mol. The molecule has 1 aliphatic rings. The van der Waals surface area contributed by atoms with Crippen LogP contribution in [0.3, 0.4) is 0 Å². The number of benzene rings is 4. The molecule has 5 rings (SSSR count). The first kappa shape index (κ1) is 21.5. The summed E-state index contributed by atoms with van der Waals surface area (Å²) in [7, 11) is 0. The Bertz CT molecular complexity index is 1110. The lowest BCUT2D eigenvalue weighted by atomic mass is 9.97. The summed E-state index contributed by atoms with van der Waals surface area (Å²) in [6, 6.07) is 30.4. The van der Waals surface area contributed by atoms with Crippen LogP contribution >= 0.6 is 11.8 Å². The first-order valence-electron chi connectivity index (χ1n) is 11.0. The third-order valence-corrected chi connectivity index (χ3v) is 7.42. The predicted molar refractivity (Wildman–Crippen MR) is 134 cm³/mol. The van der Waals surface area contributed by atoms with Crippen molar-refractivity contribution in [1.82, 2.24) is 0 Å². The summed E-state index contributed by atoms with van der Waals surface area (Å²) >= 11 is 1.91. The lowest BCUT2D eigenvalue weighted by molar-refractivity contribution is 1.01. The molecular formula is C30H30S. The minimum atomic E-state index is 1.04. The van der Waals surface area contributed by atoms with Gasteiger partial charge in [-0.05, 0) is 90.8 Å². The first-order chi connectivity index (χ1) is 15.0. The molecule has 1 heterocycles. The van der Waals surface area contributed by atoms with Crippen LogP contribution in [0.1, 0.15) is 44.5 Å². The fraction of sp³-hybridized carbons (Fsp3) is 0.200. The second-order valence-electron chi connectivity index (χ2n) is 8.41. The van der Waals surface area contributed by atoms with Gasteiger partial charge in [0.15, 0.2) is 0 Å². The predicted octanol–water partition coefficient (Wildman–Crippen LogP) is 8.25. The Hall–Kier alpha value is -2.77. The number of fused-ring (bicyclic) bond motifs is 2. The molecule has 0 amide bonds. The molecular weight excluding hydrogens is 392 g/mol. The maximum Gasteiger partial charge on any atom is 0.0160 e. The van der Waals surface area contributed by atoms with E-state index in [1.165, 1.54) is 54.3 Å². The molecule has 4 aromatic rings. The van der Waals surface area contributed by atoms with Gasteiger partial charge in [0.2, 0.25) is 0 Å². The van der Waals surface area contributed by atoms with E-state index in [-0.39, 0.29) is 0 Å². The van der Waals surface area contributed by atoms with Crippen LogP contribution in [0.15, 0.2) is 94.7 Å². The summed E-state index contributed by atoms with van der Waals surface area (Å²) < 4.78 is 0. The fourth-order valence-corrected chi connectivity index (χ4v) is 5.36. The number of hydrogen-bond acceptors (Lipinski definition) is 1. The van der Waals surface area contributed by atoms with Crippen molar-refractivity contribution >= 4 is 11.8 Å². The van der Waals surface area contributed by atoms with Crippen LogP contribution in [0.2, 0.25) is 0 Å². The highest BCUT2D eigenvalue weighted by Gasteiger charge is 2.18. The number of rotatable bonds is 2. The molecule has 0 N–H and O–H groups in total. The summed E-state index contributed by atoms with van der Waals surface area (Å²) in [5.41, 5.74) is 11.4. The maximum absolute atomic E-state index is 2.23. The molecule has 156 valence electrons. The van der Waals surface area contributed by atoms with Crippen LogP contribution in [0.25, 0.3) is 0 Å². The van der Waals surface area contributed by atoms with Gasteiger partial charge in [-0.25, -0.2) is 0 Å². The molecule has 1 aliphatic heterocycles. The molecule has 0 unspecified atom stereocenters. The van der Waals surface area contributed by atoms with Gasteiger partial charge in [0.05, 0.1) is 0 Å². The quantitative estimate of drug-likeness (QED) is 0.276. The number of aryl methyl sites for hydroxylation is 4. The Morgan fingerprint density at radius 2 is 0.935 bits per heavy atom. The minimum Gasteiger partial charge on any atom is -0.0895 e. The summed E-state index contributed by atoms with van der Waals surface area (Å²) in [6.07, 6.45) is 2.14. The van der Waals surface area contributed by atoms with E-state index in [1.807, 2.05) is 11.8 Å². The molecule has 0 nitrogen and oxygen atoms in total. The van der Waals surface area contributed by atoms with E-state index in [4.69, 9.17) is 0 Å². The molecule has 0 aromatic heterocycles. The third-order valence-electron chi connectivity index (χ3n) is 6.21. The van der Waals surface area contributed by atoms with Crippen LogP contribution < -0.4 is 0 Å². The average Bonchev–Trinajstić information content (AvgIpc) is 2.77. The van der Waals surface area contributed by atoms with E-state index in [1.54, 1.807) is 0 Å². The van der Waals surface area contributed by atoms with Crippen molar-refractivity contribution in [2.75, 3.05) is 0 Å². The molecule has 31 heavy (non-hydrogen) atoms. The van der Waals surface area contributed by atoms with Gasteiger partial charge in [-0.1, -0.05) is 84.6 Å². The molecule has 0 saturated heterocycles. The highest BCUT2D eigenvalue weighted by atomic mass is 32.2. The molecule has 1 heteroatoms. The molecule has 4 aromatic carbocycles. The molecule has 0 atom stereocenters. The van der Waals surface area contributed by atoms with E-state index in [0.29, 0.717) is 0 Å². The van der Waals surface area contributed by atoms with Gasteiger partial charge in [-0.2, -0.15) is 0 Å². The molecule has 0 radical (unpaired) electrons. The number of hydrogen-bond donors (Lipinski definition) is 0. The van der Waals surface area contributed by atoms with E-state index >= 15 is 0 Å². The van der Waals surface area contributed by atoms with E-state index in [0.717, 1.165) is 12.8 Å². The van der Waals surface area contributed by atoms with Crippen LogP contribution in [0, 0.1) is 27.7 Å². The third kappa shape index (κ3) is 4.94. The van der Waals surface area contributed by atoms with Gasteiger partial charge in [-0.15, -0.1) is 0 Å². The average molecular weight is 423 g/mol. The van der Waals surface area contributed by atoms with Crippen molar-refractivity contribution in [1.29, 1.82) is 0 Å². The van der Waals surface area contributed by atoms with E-state index in [9.17, 15) is 0 Å². The summed E-state index contributed by atoms with van der Waals surface area (Å²) in [6.45, 7) is 8.77. The van der Waals surface area contributed by atoms with E-state index < -0.39 is 0 Å². The molecule has 0 bridgehead atoms. The van der Waals surface area contributed by atoms with Gasteiger partial charge in [-0.3, -0.25) is 0 Å². The second-order valence-corrected chi connectivity index (χ2v) is 9.50. The Labute approximate surface area is 191 Å². The zero-order chi connectivity index (χ0) is 21.8. The van der Waals surface area contributed by atoms with Crippen LogP contribution in [-0.4, -0.2) is 0 Å². The van der Waals surface area contributed by atoms with Crippen molar-refractivity contribution in [3.8, 4) is 0 Å². The van der Waals surface area contributed by atoms with Crippen molar-refractivity contribution in [3.05, 3.63) is 129 Å². The summed E-state index contributed by atoms with van der Waals surface area (Å²) in [5.74, 6) is 0. The Kier molecular flexibility index (Phi) is 6.63. The molecule has 0 aliphatic carbocycles. The lowest BCUT2D eigenvalue weighted by Gasteiger charge is -2.22. The largest absolute Gasteiger partial charge is 0.0895 e. The van der Waals surface area contributed by atoms with Crippen LogP contribution in [0.5, 0.6) is 0 Å². The van der Waals surface area contributed by atoms with Gasteiger partial charge in [0.25, 0.3) is 0 Å². The van der Waals surface area contributed by atoms with Crippen molar-refractivity contribution in [3.63, 3.8) is 0 Å². The zero-order valence-corrected chi connectivity index (χ0v) is 19.7. The van der Waals surface area contributed by atoms with Crippen molar-refractivity contribution in [2.24, 2.45) is 0 Å². The summed E-state index contributed by atoms with van der Waals surface area (Å²) in [4.78, 5) is 2.86. The standard InChI is InChI=1S/C15H14S.C15H16/c1-10-5-3-7-14-12(10)9-13-11(2)6-4-8-15(13)16-14;1-12-7-3-5-9-14(12)11-15-10-6-4-8-13(15)2/h3-8H,9H2,1-2H3;3-10H,11H2,1-2H3. The zero-order valence-electron chi connectivity index (χ0n) is 18.9. The highest BCUT2D eigenvalue weighted by Crippen LogP contribution is 2.41. The first-order valence-corrected chi connectivity index (χ1v) is 11.8. The molecule has 0 spiro atoms. The normalized spacial score (nSPS) is 11.7. The maximum atomic E-state index is 2.23. The lowest BCUT2D eigenvalue weighted by Crippen LogP contribution is -2.03. The summed E-state index contributed by atoms with van der Waals surface area (Å²) in [5, 5.41) is 0. The van der Waals surface area contributed by atoms with Gasteiger partial charge < -0.3 is 0 Å². The Balaban J connectivity index is 0.000000150. The minimum absolute atomic E-state index is 1.04. The van der Waals surface area contributed by atoms with Crippen molar-refractivity contribution in [2.45, 2.75) is 50.3 Å². The SMILES string of the molecule is Cc1cccc2c1Cc1c(C)cccc1S2.Cc1ccccc1Cc1ccccc1C.